The molecule has 0 N–H and O–H groups in total. The molecule has 142 valence electrons. The molecule has 0 heterocycles. The Labute approximate surface area is 152 Å². The van der Waals surface area contributed by atoms with Gasteiger partial charge in [-0.3, -0.25) is 4.79 Å². The highest BCUT2D eigenvalue weighted by atomic mass is 32.2. The zero-order valence-corrected chi connectivity index (χ0v) is 16.8. The summed E-state index contributed by atoms with van der Waals surface area (Å²) in [7, 11) is 0. The molecule has 1 unspecified atom stereocenters. The maximum atomic E-state index is 11.6. The average Bonchev–Trinajstić information content (AvgIpc) is 2.52. The Balaban J connectivity index is 3.41. The molecule has 0 aliphatic heterocycles. The van der Waals surface area contributed by atoms with Gasteiger partial charge in [-0.25, -0.2) is 4.79 Å². The van der Waals surface area contributed by atoms with Crippen molar-refractivity contribution in [3.8, 4) is 0 Å². The average molecular weight is 361 g/mol. The van der Waals surface area contributed by atoms with Crippen molar-refractivity contribution in [1.82, 2.24) is 0 Å². The summed E-state index contributed by atoms with van der Waals surface area (Å²) in [5.74, 6) is 0.195. The maximum Gasteiger partial charge on any atom is 0.370 e. The Hall–Kier alpha value is -0.710. The van der Waals surface area contributed by atoms with Crippen molar-refractivity contribution in [2.75, 3.05) is 5.75 Å². The fourth-order valence-electron chi connectivity index (χ4n) is 2.24. The smallest absolute Gasteiger partial charge is 0.370 e. The zero-order valence-electron chi connectivity index (χ0n) is 16.0. The van der Waals surface area contributed by atoms with Crippen LogP contribution in [-0.2, 0) is 14.3 Å². The van der Waals surface area contributed by atoms with Crippen molar-refractivity contribution in [3.05, 3.63) is 0 Å². The van der Waals surface area contributed by atoms with Crippen LogP contribution in [0, 0.1) is 5.92 Å². The standard InChI is InChI=1S/C19H36O4S/c1-5-6-7-8-9-10-11-12-13-14-15-24-19(21)23-17(4)22-18(20)16(2)3/h16-17H,5-15H2,1-4H3. The second kappa shape index (κ2) is 15.8. The second-order valence-corrected chi connectivity index (χ2v) is 7.59. The molecule has 0 bridgehead atoms. The molecule has 4 nitrogen and oxygen atoms in total. The van der Waals surface area contributed by atoms with Gasteiger partial charge in [-0.2, -0.15) is 0 Å². The van der Waals surface area contributed by atoms with Gasteiger partial charge in [0.1, 0.15) is 0 Å². The van der Waals surface area contributed by atoms with Crippen LogP contribution in [0.2, 0.25) is 0 Å². The van der Waals surface area contributed by atoms with Gasteiger partial charge in [-0.1, -0.05) is 78.6 Å². The normalized spacial score (nSPS) is 12.2. The van der Waals surface area contributed by atoms with E-state index in [0.29, 0.717) is 0 Å². The van der Waals surface area contributed by atoms with Crippen LogP contribution in [0.3, 0.4) is 0 Å². The number of unbranched alkanes of at least 4 members (excludes halogenated alkanes) is 9. The number of hydrogen-bond acceptors (Lipinski definition) is 5. The second-order valence-electron chi connectivity index (χ2n) is 6.56. The molecule has 0 aliphatic carbocycles. The Morgan fingerprint density at radius 2 is 1.29 bits per heavy atom. The van der Waals surface area contributed by atoms with Gasteiger partial charge in [0.15, 0.2) is 0 Å². The van der Waals surface area contributed by atoms with Crippen LogP contribution in [0.1, 0.15) is 91.9 Å². The highest BCUT2D eigenvalue weighted by molar-refractivity contribution is 8.13. The first-order valence-corrected chi connectivity index (χ1v) is 10.5. The zero-order chi connectivity index (χ0) is 18.2. The number of rotatable bonds is 14. The van der Waals surface area contributed by atoms with Crippen molar-refractivity contribution in [3.63, 3.8) is 0 Å². The SMILES string of the molecule is CCCCCCCCCCCCSC(=O)OC(C)OC(=O)C(C)C. The summed E-state index contributed by atoms with van der Waals surface area (Å²) in [5.41, 5.74) is 0. The van der Waals surface area contributed by atoms with Gasteiger partial charge >= 0.3 is 11.3 Å². The quantitative estimate of drug-likeness (QED) is 0.206. The molecule has 24 heavy (non-hydrogen) atoms. The maximum absolute atomic E-state index is 11.6. The lowest BCUT2D eigenvalue weighted by molar-refractivity contribution is -0.167. The fraction of sp³-hybridized carbons (Fsp3) is 0.895. The van der Waals surface area contributed by atoms with Crippen molar-refractivity contribution >= 4 is 23.0 Å². The summed E-state index contributed by atoms with van der Waals surface area (Å²) in [6.45, 7) is 7.31. The lowest BCUT2D eigenvalue weighted by atomic mass is 10.1. The molecule has 0 aromatic rings. The summed E-state index contributed by atoms with van der Waals surface area (Å²) < 4.78 is 10.0. The fourth-order valence-corrected chi connectivity index (χ4v) is 2.96. The Kier molecular flexibility index (Phi) is 15.3. The minimum atomic E-state index is -0.812. The van der Waals surface area contributed by atoms with Gasteiger partial charge < -0.3 is 9.47 Å². The summed E-state index contributed by atoms with van der Waals surface area (Å²) in [6, 6.07) is 0. The number of esters is 1. The molecule has 0 saturated heterocycles. The molecule has 0 fully saturated rings. The first kappa shape index (κ1) is 23.3. The first-order valence-electron chi connectivity index (χ1n) is 9.51. The van der Waals surface area contributed by atoms with Gasteiger partial charge in [-0.05, 0) is 18.2 Å². The number of carbonyl (C=O) groups is 2. The van der Waals surface area contributed by atoms with Crippen molar-refractivity contribution in [2.45, 2.75) is 98.2 Å². The number of thioether (sulfide) groups is 1. The van der Waals surface area contributed by atoms with E-state index in [1.165, 1.54) is 63.1 Å². The highest BCUT2D eigenvalue weighted by Gasteiger charge is 2.16. The lowest BCUT2D eigenvalue weighted by Gasteiger charge is -2.14. The summed E-state index contributed by atoms with van der Waals surface area (Å²) in [6.07, 6.45) is 12.0. The molecular weight excluding hydrogens is 324 g/mol. The third kappa shape index (κ3) is 14.9. The van der Waals surface area contributed by atoms with Crippen LogP contribution >= 0.6 is 11.8 Å². The van der Waals surface area contributed by atoms with E-state index in [9.17, 15) is 9.59 Å². The molecule has 5 heteroatoms. The van der Waals surface area contributed by atoms with E-state index in [4.69, 9.17) is 9.47 Å². The molecular formula is C19H36O4S. The lowest BCUT2D eigenvalue weighted by Crippen LogP contribution is -2.22. The third-order valence-corrected chi connectivity index (χ3v) is 4.56. The van der Waals surface area contributed by atoms with Gasteiger partial charge in [0.2, 0.25) is 6.29 Å². The number of hydrogen-bond donors (Lipinski definition) is 0. The summed E-state index contributed by atoms with van der Waals surface area (Å²) >= 11 is 1.17. The van der Waals surface area contributed by atoms with E-state index >= 15 is 0 Å². The first-order chi connectivity index (χ1) is 11.5. The van der Waals surface area contributed by atoms with Crippen LogP contribution in [0.15, 0.2) is 0 Å². The van der Waals surface area contributed by atoms with Gasteiger partial charge in [-0.15, -0.1) is 0 Å². The highest BCUT2D eigenvalue weighted by Crippen LogP contribution is 2.15. The van der Waals surface area contributed by atoms with E-state index in [1.54, 1.807) is 20.8 Å². The van der Waals surface area contributed by atoms with Crippen LogP contribution in [0.4, 0.5) is 4.79 Å². The van der Waals surface area contributed by atoms with Gasteiger partial charge in [0.05, 0.1) is 5.92 Å². The van der Waals surface area contributed by atoms with Crippen molar-refractivity contribution < 1.29 is 19.1 Å². The molecule has 0 rings (SSSR count). The minimum Gasteiger partial charge on any atom is -0.425 e. The predicted molar refractivity (Wildman–Crippen MR) is 101 cm³/mol. The van der Waals surface area contributed by atoms with Crippen LogP contribution in [-0.4, -0.2) is 23.3 Å². The van der Waals surface area contributed by atoms with Crippen molar-refractivity contribution in [2.24, 2.45) is 5.92 Å². The van der Waals surface area contributed by atoms with Crippen LogP contribution < -0.4 is 0 Å². The third-order valence-electron chi connectivity index (χ3n) is 3.73. The number of ether oxygens (including phenoxy) is 2. The molecule has 0 saturated carbocycles. The molecule has 0 aliphatic rings. The van der Waals surface area contributed by atoms with E-state index < -0.39 is 6.29 Å². The Morgan fingerprint density at radius 1 is 0.792 bits per heavy atom. The van der Waals surface area contributed by atoms with E-state index in [0.717, 1.165) is 18.6 Å². The molecule has 0 aromatic heterocycles. The largest absolute Gasteiger partial charge is 0.425 e. The Bertz CT molecular complexity index is 331. The topological polar surface area (TPSA) is 52.6 Å². The van der Waals surface area contributed by atoms with E-state index in [1.807, 2.05) is 0 Å². The summed E-state index contributed by atoms with van der Waals surface area (Å²) in [4.78, 5) is 23.0. The van der Waals surface area contributed by atoms with Crippen LogP contribution in [0.5, 0.6) is 0 Å². The molecule has 0 aromatic carbocycles. The van der Waals surface area contributed by atoms with E-state index in [2.05, 4.69) is 6.92 Å². The molecule has 0 amide bonds. The van der Waals surface area contributed by atoms with E-state index in [-0.39, 0.29) is 17.2 Å². The minimum absolute atomic E-state index is 0.217. The molecule has 0 spiro atoms. The Morgan fingerprint density at radius 3 is 1.79 bits per heavy atom. The predicted octanol–water partition coefficient (Wildman–Crippen LogP) is 6.32. The van der Waals surface area contributed by atoms with Crippen LogP contribution in [0.25, 0.3) is 0 Å². The van der Waals surface area contributed by atoms with Gasteiger partial charge in [0, 0.05) is 12.7 Å². The number of carbonyl (C=O) groups excluding carboxylic acids is 2. The molecule has 0 radical (unpaired) electrons. The van der Waals surface area contributed by atoms with Gasteiger partial charge in [0.25, 0.3) is 0 Å². The summed E-state index contributed by atoms with van der Waals surface area (Å²) in [5, 5.41) is -0.366. The molecule has 1 atom stereocenters. The van der Waals surface area contributed by atoms with Crippen molar-refractivity contribution in [1.29, 1.82) is 0 Å². The monoisotopic (exact) mass is 360 g/mol.